The van der Waals surface area contributed by atoms with Crippen LogP contribution in [-0.4, -0.2) is 36.4 Å². The number of aliphatic hydroxyl groups is 1. The first-order valence-electron chi connectivity index (χ1n) is 5.63. The molecule has 6 heteroatoms. The molecule has 1 heterocycles. The molecule has 1 aromatic rings. The quantitative estimate of drug-likeness (QED) is 0.677. The second kappa shape index (κ2) is 4.91. The van der Waals surface area contributed by atoms with Crippen LogP contribution in [0.2, 0.25) is 0 Å². The van der Waals surface area contributed by atoms with Gasteiger partial charge in [-0.3, -0.25) is 4.79 Å². The van der Waals surface area contributed by atoms with Crippen LogP contribution < -0.4 is 11.1 Å². The molecule has 0 radical (unpaired) electrons. The number of amides is 1. The van der Waals surface area contributed by atoms with Gasteiger partial charge < -0.3 is 20.9 Å². The lowest BCUT2D eigenvalue weighted by molar-refractivity contribution is 0.0265. The molecule has 0 aromatic heterocycles. The van der Waals surface area contributed by atoms with Crippen LogP contribution in [0.3, 0.4) is 0 Å². The van der Waals surface area contributed by atoms with E-state index in [1.807, 2.05) is 0 Å². The van der Waals surface area contributed by atoms with Crippen molar-refractivity contribution in [1.29, 1.82) is 0 Å². The minimum absolute atomic E-state index is 0.0714. The van der Waals surface area contributed by atoms with Crippen molar-refractivity contribution in [1.82, 2.24) is 5.32 Å². The molecule has 1 aromatic carbocycles. The van der Waals surface area contributed by atoms with E-state index in [1.165, 1.54) is 12.1 Å². The van der Waals surface area contributed by atoms with Gasteiger partial charge in [-0.25, -0.2) is 4.39 Å². The molecule has 98 valence electrons. The standard InChI is InChI=1S/C12H15FN2O3/c13-8-1-2-9(10(14)5-8)11(16)15-6-12(17)3-4-18-7-12/h1-2,5,17H,3-4,6-7,14H2,(H,15,16). The summed E-state index contributed by atoms with van der Waals surface area (Å²) in [5.41, 5.74) is 4.79. The summed E-state index contributed by atoms with van der Waals surface area (Å²) in [5, 5.41) is 12.5. The molecule has 4 N–H and O–H groups in total. The first kappa shape index (κ1) is 12.8. The van der Waals surface area contributed by atoms with Crippen LogP contribution in [0.25, 0.3) is 0 Å². The second-order valence-corrected chi connectivity index (χ2v) is 4.44. The van der Waals surface area contributed by atoms with Crippen LogP contribution in [-0.2, 0) is 4.74 Å². The Labute approximate surface area is 104 Å². The van der Waals surface area contributed by atoms with Crippen molar-refractivity contribution in [2.24, 2.45) is 0 Å². The zero-order valence-corrected chi connectivity index (χ0v) is 9.78. The number of ether oxygens (including phenoxy) is 1. The Morgan fingerprint density at radius 3 is 3.00 bits per heavy atom. The van der Waals surface area contributed by atoms with Gasteiger partial charge >= 0.3 is 0 Å². The van der Waals surface area contributed by atoms with Gasteiger partial charge in [-0.05, 0) is 18.2 Å². The van der Waals surface area contributed by atoms with Gasteiger partial charge in [0.15, 0.2) is 0 Å². The molecule has 2 rings (SSSR count). The molecule has 0 spiro atoms. The molecule has 1 aliphatic rings. The summed E-state index contributed by atoms with van der Waals surface area (Å²) in [6.07, 6.45) is 0.478. The molecule has 1 saturated heterocycles. The number of nitrogen functional groups attached to an aromatic ring is 1. The third kappa shape index (κ3) is 2.77. The van der Waals surface area contributed by atoms with Crippen molar-refractivity contribution >= 4 is 11.6 Å². The van der Waals surface area contributed by atoms with Gasteiger partial charge in [0, 0.05) is 25.3 Å². The molecule has 18 heavy (non-hydrogen) atoms. The summed E-state index contributed by atoms with van der Waals surface area (Å²) in [4.78, 5) is 11.8. The number of carbonyl (C=O) groups is 1. The van der Waals surface area contributed by atoms with E-state index < -0.39 is 17.3 Å². The van der Waals surface area contributed by atoms with Gasteiger partial charge in [0.1, 0.15) is 11.4 Å². The molecule has 1 fully saturated rings. The van der Waals surface area contributed by atoms with Gasteiger partial charge in [0.05, 0.1) is 12.2 Å². The average Bonchev–Trinajstić information content (AvgIpc) is 2.74. The normalized spacial score (nSPS) is 23.0. The van der Waals surface area contributed by atoms with Crippen molar-refractivity contribution in [3.05, 3.63) is 29.6 Å². The Kier molecular flexibility index (Phi) is 3.49. The summed E-state index contributed by atoms with van der Waals surface area (Å²) in [5.74, 6) is -0.931. The summed E-state index contributed by atoms with van der Waals surface area (Å²) >= 11 is 0. The maximum Gasteiger partial charge on any atom is 0.253 e. The SMILES string of the molecule is Nc1cc(F)ccc1C(=O)NCC1(O)CCOC1. The Morgan fingerprint density at radius 2 is 2.39 bits per heavy atom. The second-order valence-electron chi connectivity index (χ2n) is 4.44. The van der Waals surface area contributed by atoms with Crippen LogP contribution in [0, 0.1) is 5.82 Å². The first-order chi connectivity index (χ1) is 8.50. The number of benzene rings is 1. The summed E-state index contributed by atoms with van der Waals surface area (Å²) in [7, 11) is 0. The van der Waals surface area contributed by atoms with E-state index in [-0.39, 0.29) is 24.4 Å². The monoisotopic (exact) mass is 254 g/mol. The molecular formula is C12H15FN2O3. The fourth-order valence-corrected chi connectivity index (χ4v) is 1.82. The zero-order valence-electron chi connectivity index (χ0n) is 9.78. The highest BCUT2D eigenvalue weighted by Gasteiger charge is 2.32. The number of halogens is 1. The van der Waals surface area contributed by atoms with E-state index in [9.17, 15) is 14.3 Å². The van der Waals surface area contributed by atoms with E-state index in [2.05, 4.69) is 5.32 Å². The molecule has 1 atom stereocenters. The minimum Gasteiger partial charge on any atom is -0.398 e. The highest BCUT2D eigenvalue weighted by Crippen LogP contribution is 2.18. The summed E-state index contributed by atoms with van der Waals surface area (Å²) in [6.45, 7) is 0.764. The number of hydrogen-bond acceptors (Lipinski definition) is 4. The van der Waals surface area contributed by atoms with Gasteiger partial charge in [-0.2, -0.15) is 0 Å². The van der Waals surface area contributed by atoms with Crippen molar-refractivity contribution in [3.63, 3.8) is 0 Å². The molecule has 0 saturated carbocycles. The van der Waals surface area contributed by atoms with Crippen molar-refractivity contribution in [2.45, 2.75) is 12.0 Å². The third-order valence-corrected chi connectivity index (χ3v) is 2.92. The number of rotatable bonds is 3. The van der Waals surface area contributed by atoms with Crippen LogP contribution >= 0.6 is 0 Å². The molecule has 1 amide bonds. The number of nitrogens with one attached hydrogen (secondary N) is 1. The van der Waals surface area contributed by atoms with Gasteiger partial charge in [-0.1, -0.05) is 0 Å². The Hall–Kier alpha value is -1.66. The largest absolute Gasteiger partial charge is 0.398 e. The topological polar surface area (TPSA) is 84.6 Å². The van der Waals surface area contributed by atoms with Crippen molar-refractivity contribution in [2.75, 3.05) is 25.5 Å². The Bertz CT molecular complexity index is 459. The van der Waals surface area contributed by atoms with Gasteiger partial charge in [0.2, 0.25) is 0 Å². The lowest BCUT2D eigenvalue weighted by Gasteiger charge is -2.20. The third-order valence-electron chi connectivity index (χ3n) is 2.92. The van der Waals surface area contributed by atoms with Crippen LogP contribution in [0.4, 0.5) is 10.1 Å². The van der Waals surface area contributed by atoms with Gasteiger partial charge in [0.25, 0.3) is 5.91 Å². The molecule has 0 bridgehead atoms. The fourth-order valence-electron chi connectivity index (χ4n) is 1.82. The summed E-state index contributed by atoms with van der Waals surface area (Å²) < 4.78 is 17.9. The molecule has 0 aliphatic carbocycles. The van der Waals surface area contributed by atoms with E-state index in [4.69, 9.17) is 10.5 Å². The van der Waals surface area contributed by atoms with Crippen LogP contribution in [0.5, 0.6) is 0 Å². The smallest absolute Gasteiger partial charge is 0.253 e. The first-order valence-corrected chi connectivity index (χ1v) is 5.63. The number of hydrogen-bond donors (Lipinski definition) is 3. The van der Waals surface area contributed by atoms with E-state index in [0.717, 1.165) is 6.07 Å². The van der Waals surface area contributed by atoms with Crippen LogP contribution in [0.1, 0.15) is 16.8 Å². The predicted molar refractivity (Wildman–Crippen MR) is 63.5 cm³/mol. The molecular weight excluding hydrogens is 239 g/mol. The van der Waals surface area contributed by atoms with E-state index in [0.29, 0.717) is 13.0 Å². The van der Waals surface area contributed by atoms with Crippen molar-refractivity contribution in [3.8, 4) is 0 Å². The number of nitrogens with two attached hydrogens (primary N) is 1. The summed E-state index contributed by atoms with van der Waals surface area (Å²) in [6, 6.07) is 3.57. The fraction of sp³-hybridized carbons (Fsp3) is 0.417. The zero-order chi connectivity index (χ0) is 13.2. The number of carbonyl (C=O) groups excluding carboxylic acids is 1. The predicted octanol–water partition coefficient (Wildman–Crippen LogP) is 0.289. The van der Waals surface area contributed by atoms with E-state index in [1.54, 1.807) is 0 Å². The highest BCUT2D eigenvalue weighted by atomic mass is 19.1. The van der Waals surface area contributed by atoms with Crippen LogP contribution in [0.15, 0.2) is 18.2 Å². The highest BCUT2D eigenvalue weighted by molar-refractivity contribution is 5.99. The van der Waals surface area contributed by atoms with Crippen molar-refractivity contribution < 1.29 is 19.0 Å². The lowest BCUT2D eigenvalue weighted by atomic mass is 10.0. The lowest BCUT2D eigenvalue weighted by Crippen LogP contribution is -2.43. The molecule has 1 aliphatic heterocycles. The Balaban J connectivity index is 1.99. The van der Waals surface area contributed by atoms with E-state index >= 15 is 0 Å². The Morgan fingerprint density at radius 1 is 1.61 bits per heavy atom. The number of anilines is 1. The minimum atomic E-state index is -1.02. The molecule has 5 nitrogen and oxygen atoms in total. The maximum atomic E-state index is 12.8. The average molecular weight is 254 g/mol. The maximum absolute atomic E-state index is 12.8. The van der Waals surface area contributed by atoms with Gasteiger partial charge in [-0.15, -0.1) is 0 Å². The molecule has 1 unspecified atom stereocenters.